The number of hydrogen-bond donors (Lipinski definition) is 4. The second kappa shape index (κ2) is 7.56. The summed E-state index contributed by atoms with van der Waals surface area (Å²) in [6, 6.07) is 0. The summed E-state index contributed by atoms with van der Waals surface area (Å²) in [5.74, 6) is 0.120. The van der Waals surface area contributed by atoms with Crippen molar-refractivity contribution in [1.82, 2.24) is 15.6 Å². The van der Waals surface area contributed by atoms with E-state index in [2.05, 4.69) is 56.4 Å². The fourth-order valence-corrected chi connectivity index (χ4v) is 5.98. The Morgan fingerprint density at radius 1 is 1.41 bits per heavy atom. The van der Waals surface area contributed by atoms with Crippen LogP contribution in [0.15, 0.2) is 6.20 Å². The number of amides is 1. The van der Waals surface area contributed by atoms with Crippen molar-refractivity contribution in [2.45, 2.75) is 76.7 Å². The molecule has 5 N–H and O–H groups in total. The smallest absolute Gasteiger partial charge is 0.405 e. The number of piperidine rings is 1. The lowest BCUT2D eigenvalue weighted by atomic mass is 9.74. The van der Waals surface area contributed by atoms with Crippen molar-refractivity contribution in [3.63, 3.8) is 0 Å². The summed E-state index contributed by atoms with van der Waals surface area (Å²) in [6.07, 6.45) is 3.10. The minimum absolute atomic E-state index is 0.0122. The molecule has 2 aliphatic rings. The number of carboxylic acid groups (broad SMARTS) is 1. The van der Waals surface area contributed by atoms with E-state index >= 15 is 0 Å². The molecule has 1 aliphatic heterocycles. The topological polar surface area (TPSA) is 110 Å². The Bertz CT molecular complexity index is 793. The highest BCUT2D eigenvalue weighted by molar-refractivity contribution is 6.74. The molecule has 1 aliphatic carbocycles. The average molecular weight is 421 g/mol. The van der Waals surface area contributed by atoms with Gasteiger partial charge in [-0.25, -0.2) is 4.79 Å². The fourth-order valence-electron chi connectivity index (χ4n) is 4.55. The van der Waals surface area contributed by atoms with Crippen LogP contribution in [0, 0.1) is 5.92 Å². The van der Waals surface area contributed by atoms with Crippen LogP contribution in [0.1, 0.15) is 50.9 Å². The molecule has 1 fully saturated rings. The molecule has 1 aromatic rings. The number of aromatic nitrogens is 1. The van der Waals surface area contributed by atoms with Crippen LogP contribution in [0.5, 0.6) is 0 Å². The fraction of sp³-hybridized carbons (Fsp3) is 0.714. The van der Waals surface area contributed by atoms with Gasteiger partial charge in [0.05, 0.1) is 18.0 Å². The van der Waals surface area contributed by atoms with Crippen LogP contribution in [0.25, 0.3) is 0 Å². The summed E-state index contributed by atoms with van der Waals surface area (Å²) in [6.45, 7) is 14.4. The van der Waals surface area contributed by atoms with Crippen LogP contribution in [-0.4, -0.2) is 43.7 Å². The maximum absolute atomic E-state index is 12.0. The van der Waals surface area contributed by atoms with E-state index in [1.54, 1.807) is 6.20 Å². The van der Waals surface area contributed by atoms with E-state index in [1.807, 2.05) is 0 Å². The average Bonchev–Trinajstić information content (AvgIpc) is 3.04. The summed E-state index contributed by atoms with van der Waals surface area (Å²) in [7, 11) is -2.17. The molecule has 29 heavy (non-hydrogen) atoms. The maximum atomic E-state index is 12.0. The number of hydrogen-bond acceptors (Lipinski definition) is 5. The normalized spacial score (nSPS) is 27.5. The van der Waals surface area contributed by atoms with E-state index in [4.69, 9.17) is 10.2 Å². The van der Waals surface area contributed by atoms with E-state index in [0.29, 0.717) is 12.2 Å². The number of rotatable bonds is 4. The maximum Gasteiger partial charge on any atom is 0.405 e. The number of nitrogens with one attached hydrogen (secondary N) is 2. The Hall–Kier alpha value is -1.64. The van der Waals surface area contributed by atoms with Gasteiger partial charge in [0.2, 0.25) is 0 Å². The highest BCUT2D eigenvalue weighted by atomic mass is 28.4. The molecule has 1 saturated heterocycles. The van der Waals surface area contributed by atoms with Gasteiger partial charge in [-0.3, -0.25) is 4.98 Å². The Balaban J connectivity index is 2.20. The standard InChI is InChI=1S/C21H36N4O3Si/c1-13-10-23-12-21(25-19(26)27,18(13)28-29(5,6)20(2,3)4)17-14-8-7-9-16(14)24-11-15(17)22/h11,13,18,23,25H,7-10,12,22H2,1-6H3,(H,26,27)/t13-,18+,21-/m0/s1. The quantitative estimate of drug-likeness (QED) is 0.557. The molecule has 0 aromatic carbocycles. The molecular weight excluding hydrogens is 384 g/mol. The number of aryl methyl sites for hydroxylation is 1. The van der Waals surface area contributed by atoms with Crippen LogP contribution in [0.2, 0.25) is 18.1 Å². The lowest BCUT2D eigenvalue weighted by Gasteiger charge is -2.52. The summed E-state index contributed by atoms with van der Waals surface area (Å²) >= 11 is 0. The first-order chi connectivity index (χ1) is 13.4. The molecule has 7 nitrogen and oxygen atoms in total. The van der Waals surface area contributed by atoms with Gasteiger partial charge in [-0.2, -0.15) is 0 Å². The predicted octanol–water partition coefficient (Wildman–Crippen LogP) is 3.25. The highest BCUT2D eigenvalue weighted by Crippen LogP contribution is 2.45. The van der Waals surface area contributed by atoms with Gasteiger partial charge in [0.15, 0.2) is 8.32 Å². The van der Waals surface area contributed by atoms with Crippen molar-refractivity contribution in [3.05, 3.63) is 23.0 Å². The van der Waals surface area contributed by atoms with E-state index < -0.39 is 19.9 Å². The third-order valence-corrected chi connectivity index (χ3v) is 11.5. The number of fused-ring (bicyclic) bond motifs is 1. The van der Waals surface area contributed by atoms with Gasteiger partial charge in [-0.1, -0.05) is 27.7 Å². The first-order valence-electron chi connectivity index (χ1n) is 10.6. The van der Waals surface area contributed by atoms with Gasteiger partial charge in [0, 0.05) is 24.3 Å². The molecule has 0 saturated carbocycles. The molecule has 3 atom stereocenters. The van der Waals surface area contributed by atoms with Crippen molar-refractivity contribution in [2.24, 2.45) is 5.92 Å². The Morgan fingerprint density at radius 3 is 2.72 bits per heavy atom. The molecular formula is C21H36N4O3Si. The largest absolute Gasteiger partial charge is 0.465 e. The molecule has 1 aromatic heterocycles. The number of nitrogens with zero attached hydrogens (tertiary/aromatic N) is 1. The summed E-state index contributed by atoms with van der Waals surface area (Å²) in [4.78, 5) is 16.6. The minimum atomic E-state index is -2.17. The number of pyridine rings is 1. The highest BCUT2D eigenvalue weighted by Gasteiger charge is 2.53. The second-order valence-corrected chi connectivity index (χ2v) is 14.9. The molecule has 0 unspecified atom stereocenters. The van der Waals surface area contributed by atoms with Gasteiger partial charge in [0.1, 0.15) is 5.54 Å². The summed E-state index contributed by atoms with van der Waals surface area (Å²) in [5.41, 5.74) is 9.07. The molecule has 2 heterocycles. The van der Waals surface area contributed by atoms with Gasteiger partial charge >= 0.3 is 6.09 Å². The second-order valence-electron chi connectivity index (χ2n) is 10.2. The van der Waals surface area contributed by atoms with Crippen LogP contribution in [-0.2, 0) is 22.8 Å². The van der Waals surface area contributed by atoms with Crippen molar-refractivity contribution < 1.29 is 14.3 Å². The Labute approximate surface area is 174 Å². The van der Waals surface area contributed by atoms with E-state index in [9.17, 15) is 9.90 Å². The Kier molecular flexibility index (Phi) is 5.75. The predicted molar refractivity (Wildman–Crippen MR) is 118 cm³/mol. The van der Waals surface area contributed by atoms with Crippen LogP contribution >= 0.6 is 0 Å². The molecule has 1 amide bonds. The third-order valence-electron chi connectivity index (χ3n) is 7.02. The first kappa shape index (κ1) is 22.1. The summed E-state index contributed by atoms with van der Waals surface area (Å²) < 4.78 is 6.94. The molecule has 0 bridgehead atoms. The summed E-state index contributed by atoms with van der Waals surface area (Å²) in [5, 5.41) is 16.2. The lowest BCUT2D eigenvalue weighted by Crippen LogP contribution is -2.68. The van der Waals surface area contributed by atoms with Crippen molar-refractivity contribution in [1.29, 1.82) is 0 Å². The third kappa shape index (κ3) is 3.90. The first-order valence-corrected chi connectivity index (χ1v) is 13.5. The van der Waals surface area contributed by atoms with E-state index in [-0.39, 0.29) is 17.1 Å². The Morgan fingerprint density at radius 2 is 2.10 bits per heavy atom. The van der Waals surface area contributed by atoms with Crippen molar-refractivity contribution >= 4 is 20.1 Å². The van der Waals surface area contributed by atoms with Crippen LogP contribution in [0.3, 0.4) is 0 Å². The van der Waals surface area contributed by atoms with Gasteiger partial charge < -0.3 is 25.9 Å². The van der Waals surface area contributed by atoms with Crippen molar-refractivity contribution in [3.8, 4) is 0 Å². The van der Waals surface area contributed by atoms with Crippen molar-refractivity contribution in [2.75, 3.05) is 18.8 Å². The zero-order chi connectivity index (χ0) is 21.6. The molecule has 0 spiro atoms. The number of nitrogen functional groups attached to an aromatic ring is 1. The number of carbonyl (C=O) groups is 1. The van der Waals surface area contributed by atoms with Gasteiger partial charge in [-0.15, -0.1) is 0 Å². The van der Waals surface area contributed by atoms with Gasteiger partial charge in [-0.05, 0) is 48.9 Å². The monoisotopic (exact) mass is 420 g/mol. The van der Waals surface area contributed by atoms with Crippen LogP contribution in [0.4, 0.5) is 10.5 Å². The van der Waals surface area contributed by atoms with E-state index in [1.165, 1.54) is 0 Å². The SMILES string of the molecule is C[C@H]1CNC[C@](NC(=O)O)(c2c(N)cnc3c2CCC3)[C@@H]1O[Si](C)(C)C(C)(C)C. The zero-order valence-electron chi connectivity index (χ0n) is 18.6. The lowest BCUT2D eigenvalue weighted by molar-refractivity contribution is 0.00455. The zero-order valence-corrected chi connectivity index (χ0v) is 19.6. The minimum Gasteiger partial charge on any atom is -0.465 e. The molecule has 3 rings (SSSR count). The number of anilines is 1. The van der Waals surface area contributed by atoms with Crippen LogP contribution < -0.4 is 16.4 Å². The molecule has 162 valence electrons. The molecule has 8 heteroatoms. The number of nitrogens with two attached hydrogens (primary N) is 1. The molecule has 0 radical (unpaired) electrons. The van der Waals surface area contributed by atoms with Gasteiger partial charge in [0.25, 0.3) is 0 Å². The van der Waals surface area contributed by atoms with E-state index in [0.717, 1.165) is 42.6 Å².